The van der Waals surface area contributed by atoms with Gasteiger partial charge < -0.3 is 24.3 Å². The molecule has 0 aliphatic rings. The first-order valence-electron chi connectivity index (χ1n) is 7.82. The lowest BCUT2D eigenvalue weighted by Crippen LogP contribution is -2.17. The number of pyridine rings is 1. The summed E-state index contributed by atoms with van der Waals surface area (Å²) in [5.74, 6) is 2.76. The molecule has 0 amide bonds. The molecule has 0 aliphatic carbocycles. The lowest BCUT2D eigenvalue weighted by molar-refractivity contribution is 0.296. The van der Waals surface area contributed by atoms with Gasteiger partial charge in [-0.15, -0.1) is 0 Å². The highest BCUT2D eigenvalue weighted by atomic mass is 16.5. The maximum absolute atomic E-state index is 5.56. The van der Waals surface area contributed by atoms with Crippen LogP contribution < -0.4 is 24.3 Å². The highest BCUT2D eigenvalue weighted by molar-refractivity contribution is 5.50. The minimum Gasteiger partial charge on any atom is -0.496 e. The molecule has 0 fully saturated rings. The topological polar surface area (TPSA) is 61.8 Å². The average Bonchev–Trinajstić information content (AvgIpc) is 2.64. The number of hydrogen-bond acceptors (Lipinski definition) is 6. The SMILES string of the molecule is COc1cc(OC)c(OC)cc1CNCCCOc1ccccn1. The Morgan fingerprint density at radius 3 is 2.38 bits per heavy atom. The molecule has 1 aromatic carbocycles. The van der Waals surface area contributed by atoms with E-state index >= 15 is 0 Å². The summed E-state index contributed by atoms with van der Waals surface area (Å²) in [4.78, 5) is 4.12. The molecule has 2 aromatic rings. The van der Waals surface area contributed by atoms with Gasteiger partial charge in [-0.05, 0) is 25.1 Å². The number of methoxy groups -OCH3 is 3. The van der Waals surface area contributed by atoms with Crippen molar-refractivity contribution < 1.29 is 18.9 Å². The number of rotatable bonds is 10. The lowest BCUT2D eigenvalue weighted by Gasteiger charge is -2.14. The van der Waals surface area contributed by atoms with Crippen LogP contribution in [0.25, 0.3) is 0 Å². The largest absolute Gasteiger partial charge is 0.496 e. The van der Waals surface area contributed by atoms with Gasteiger partial charge >= 0.3 is 0 Å². The number of hydrogen-bond donors (Lipinski definition) is 1. The number of benzene rings is 1. The number of nitrogens with one attached hydrogen (secondary N) is 1. The van der Waals surface area contributed by atoms with Crippen LogP contribution in [-0.2, 0) is 6.54 Å². The Bertz CT molecular complexity index is 620. The molecule has 6 nitrogen and oxygen atoms in total. The molecule has 0 radical (unpaired) electrons. The van der Waals surface area contributed by atoms with Crippen LogP contribution in [0.15, 0.2) is 36.5 Å². The zero-order valence-corrected chi connectivity index (χ0v) is 14.4. The van der Waals surface area contributed by atoms with Gasteiger partial charge in [0.1, 0.15) is 5.75 Å². The summed E-state index contributed by atoms with van der Waals surface area (Å²) in [5, 5.41) is 3.37. The second kappa shape index (κ2) is 9.62. The Labute approximate surface area is 142 Å². The van der Waals surface area contributed by atoms with E-state index in [0.717, 1.165) is 24.3 Å². The second-order valence-electron chi connectivity index (χ2n) is 5.07. The molecule has 0 aliphatic heterocycles. The summed E-state index contributed by atoms with van der Waals surface area (Å²) in [6, 6.07) is 9.38. The summed E-state index contributed by atoms with van der Waals surface area (Å²) in [6.07, 6.45) is 2.60. The van der Waals surface area contributed by atoms with Crippen molar-refractivity contribution in [3.63, 3.8) is 0 Å². The fourth-order valence-corrected chi connectivity index (χ4v) is 2.26. The highest BCUT2D eigenvalue weighted by Crippen LogP contribution is 2.34. The van der Waals surface area contributed by atoms with Crippen molar-refractivity contribution in [3.05, 3.63) is 42.1 Å². The van der Waals surface area contributed by atoms with Gasteiger partial charge in [0.15, 0.2) is 11.5 Å². The summed E-state index contributed by atoms with van der Waals surface area (Å²) in [6.45, 7) is 2.12. The van der Waals surface area contributed by atoms with E-state index in [1.807, 2.05) is 30.3 Å². The quantitative estimate of drug-likeness (QED) is 0.675. The van der Waals surface area contributed by atoms with Crippen LogP contribution in [0.3, 0.4) is 0 Å². The van der Waals surface area contributed by atoms with Crippen LogP contribution in [0.1, 0.15) is 12.0 Å². The Morgan fingerprint density at radius 2 is 1.71 bits per heavy atom. The normalized spacial score (nSPS) is 10.3. The van der Waals surface area contributed by atoms with Crippen LogP contribution in [0.2, 0.25) is 0 Å². The minimum atomic E-state index is 0.618. The van der Waals surface area contributed by atoms with E-state index in [0.29, 0.717) is 30.5 Å². The van der Waals surface area contributed by atoms with Gasteiger partial charge in [0.05, 0.1) is 27.9 Å². The van der Waals surface area contributed by atoms with E-state index in [-0.39, 0.29) is 0 Å². The number of ether oxygens (including phenoxy) is 4. The van der Waals surface area contributed by atoms with Gasteiger partial charge in [-0.2, -0.15) is 0 Å². The fraction of sp³-hybridized carbons (Fsp3) is 0.389. The summed E-state index contributed by atoms with van der Waals surface area (Å²) in [5.41, 5.74) is 1.01. The zero-order valence-electron chi connectivity index (χ0n) is 14.4. The monoisotopic (exact) mass is 332 g/mol. The maximum Gasteiger partial charge on any atom is 0.213 e. The fourth-order valence-electron chi connectivity index (χ4n) is 2.26. The first-order chi connectivity index (χ1) is 11.8. The Hall–Kier alpha value is -2.47. The molecule has 0 spiro atoms. The molecule has 0 saturated heterocycles. The van der Waals surface area contributed by atoms with Crippen molar-refractivity contribution in [1.29, 1.82) is 0 Å². The predicted molar refractivity (Wildman–Crippen MR) is 92.2 cm³/mol. The van der Waals surface area contributed by atoms with Gasteiger partial charge in [-0.25, -0.2) is 4.98 Å². The lowest BCUT2D eigenvalue weighted by atomic mass is 10.1. The standard InChI is InChI=1S/C18H24N2O4/c1-21-15-12-17(23-3)16(22-2)11-14(15)13-19-8-6-10-24-18-7-4-5-9-20-18/h4-5,7,9,11-12,19H,6,8,10,13H2,1-3H3. The van der Waals surface area contributed by atoms with Crippen LogP contribution >= 0.6 is 0 Å². The van der Waals surface area contributed by atoms with Gasteiger partial charge in [0, 0.05) is 30.4 Å². The average molecular weight is 332 g/mol. The third-order valence-electron chi connectivity index (χ3n) is 3.49. The maximum atomic E-state index is 5.56. The third-order valence-corrected chi connectivity index (χ3v) is 3.49. The number of aromatic nitrogens is 1. The third kappa shape index (κ3) is 5.03. The molecule has 24 heavy (non-hydrogen) atoms. The molecule has 1 N–H and O–H groups in total. The second-order valence-corrected chi connectivity index (χ2v) is 5.07. The van der Waals surface area contributed by atoms with E-state index < -0.39 is 0 Å². The van der Waals surface area contributed by atoms with Gasteiger partial charge in [-0.1, -0.05) is 6.07 Å². The summed E-state index contributed by atoms with van der Waals surface area (Å²) < 4.78 is 21.6. The summed E-state index contributed by atoms with van der Waals surface area (Å²) >= 11 is 0. The van der Waals surface area contributed by atoms with E-state index in [1.165, 1.54) is 0 Å². The molecule has 1 aromatic heterocycles. The first-order valence-corrected chi connectivity index (χ1v) is 7.82. The molecule has 0 saturated carbocycles. The molecule has 0 unspecified atom stereocenters. The van der Waals surface area contributed by atoms with Gasteiger partial charge in [-0.3, -0.25) is 0 Å². The van der Waals surface area contributed by atoms with Crippen molar-refractivity contribution in [3.8, 4) is 23.1 Å². The van der Waals surface area contributed by atoms with E-state index in [2.05, 4.69) is 10.3 Å². The molecule has 0 atom stereocenters. The van der Waals surface area contributed by atoms with Gasteiger partial charge in [0.25, 0.3) is 0 Å². The van der Waals surface area contributed by atoms with Crippen molar-refractivity contribution in [2.75, 3.05) is 34.5 Å². The van der Waals surface area contributed by atoms with Crippen LogP contribution in [0.5, 0.6) is 23.1 Å². The molecule has 1 heterocycles. The smallest absolute Gasteiger partial charge is 0.213 e. The zero-order chi connectivity index (χ0) is 17.2. The van der Waals surface area contributed by atoms with Crippen molar-refractivity contribution in [2.24, 2.45) is 0 Å². The molecule has 2 rings (SSSR count). The van der Waals surface area contributed by atoms with E-state index in [1.54, 1.807) is 27.5 Å². The molecule has 6 heteroatoms. The molecular formula is C18H24N2O4. The predicted octanol–water partition coefficient (Wildman–Crippen LogP) is 2.67. The van der Waals surface area contributed by atoms with Crippen molar-refractivity contribution in [2.45, 2.75) is 13.0 Å². The minimum absolute atomic E-state index is 0.618. The summed E-state index contributed by atoms with van der Waals surface area (Å²) in [7, 11) is 4.87. The highest BCUT2D eigenvalue weighted by Gasteiger charge is 2.11. The Balaban J connectivity index is 1.79. The van der Waals surface area contributed by atoms with Crippen LogP contribution in [0.4, 0.5) is 0 Å². The van der Waals surface area contributed by atoms with E-state index in [9.17, 15) is 0 Å². The Kier molecular flexibility index (Phi) is 7.17. The van der Waals surface area contributed by atoms with E-state index in [4.69, 9.17) is 18.9 Å². The number of nitrogens with zero attached hydrogens (tertiary/aromatic N) is 1. The van der Waals surface area contributed by atoms with Crippen molar-refractivity contribution in [1.82, 2.24) is 10.3 Å². The van der Waals surface area contributed by atoms with Gasteiger partial charge in [0.2, 0.25) is 5.88 Å². The van der Waals surface area contributed by atoms with Crippen LogP contribution in [-0.4, -0.2) is 39.5 Å². The molecule has 130 valence electrons. The molecular weight excluding hydrogens is 308 g/mol. The van der Waals surface area contributed by atoms with Crippen molar-refractivity contribution >= 4 is 0 Å². The van der Waals surface area contributed by atoms with Crippen LogP contribution in [0, 0.1) is 0 Å². The first kappa shape index (κ1) is 17.9. The Morgan fingerprint density at radius 1 is 0.958 bits per heavy atom. The molecule has 0 bridgehead atoms.